The maximum absolute atomic E-state index is 13.5. The summed E-state index contributed by atoms with van der Waals surface area (Å²) in [7, 11) is 0. The number of carbonyl (C=O) groups excluding carboxylic acids is 2. The fourth-order valence-corrected chi connectivity index (χ4v) is 2.74. The highest BCUT2D eigenvalue weighted by molar-refractivity contribution is 5.86. The van der Waals surface area contributed by atoms with Crippen molar-refractivity contribution in [3.05, 3.63) is 35.4 Å². The highest BCUT2D eigenvalue weighted by atomic mass is 19.2. The van der Waals surface area contributed by atoms with Crippen LogP contribution in [0.1, 0.15) is 24.8 Å². The molecule has 3 unspecified atom stereocenters. The molecule has 1 aromatic rings. The van der Waals surface area contributed by atoms with Gasteiger partial charge in [-0.3, -0.25) is 4.79 Å². The Hall–Kier alpha value is -2.22. The molecule has 1 aliphatic rings. The van der Waals surface area contributed by atoms with Crippen LogP contribution in [-0.4, -0.2) is 37.1 Å². The van der Waals surface area contributed by atoms with E-state index >= 15 is 0 Å². The minimum absolute atomic E-state index is 0.143. The number of hydrogen-bond donors (Lipinski definition) is 4. The monoisotopic (exact) mass is 326 g/mol. The number of piperidine rings is 1. The van der Waals surface area contributed by atoms with Gasteiger partial charge in [0.2, 0.25) is 5.91 Å². The highest BCUT2D eigenvalue weighted by Gasteiger charge is 2.29. The largest absolute Gasteiger partial charge is 0.352 e. The van der Waals surface area contributed by atoms with E-state index in [0.29, 0.717) is 25.1 Å². The average molecular weight is 326 g/mol. The van der Waals surface area contributed by atoms with Crippen LogP contribution in [-0.2, 0) is 4.79 Å². The second kappa shape index (κ2) is 7.36. The summed E-state index contributed by atoms with van der Waals surface area (Å²) in [4.78, 5) is 22.9. The van der Waals surface area contributed by atoms with Crippen LogP contribution in [0.2, 0.25) is 0 Å². The van der Waals surface area contributed by atoms with Gasteiger partial charge in [-0.05, 0) is 37.6 Å². The van der Waals surface area contributed by atoms with Crippen molar-refractivity contribution in [1.82, 2.24) is 16.0 Å². The summed E-state index contributed by atoms with van der Waals surface area (Å²) in [5, 5.41) is 8.27. The molecule has 1 saturated heterocycles. The van der Waals surface area contributed by atoms with Gasteiger partial charge in [0.1, 0.15) is 6.04 Å². The van der Waals surface area contributed by atoms with Crippen molar-refractivity contribution in [3.63, 3.8) is 0 Å². The third-order valence-corrected chi connectivity index (χ3v) is 3.93. The molecule has 8 heteroatoms. The zero-order valence-corrected chi connectivity index (χ0v) is 12.7. The minimum atomic E-state index is -0.908. The fraction of sp³-hybridized carbons (Fsp3) is 0.467. The number of carbonyl (C=O) groups is 2. The highest BCUT2D eigenvalue weighted by Crippen LogP contribution is 2.27. The topological polar surface area (TPSA) is 96.2 Å². The Morgan fingerprint density at radius 2 is 2.09 bits per heavy atom. The van der Waals surface area contributed by atoms with Crippen LogP contribution in [0, 0.1) is 11.6 Å². The van der Waals surface area contributed by atoms with Crippen LogP contribution in [0.3, 0.4) is 0 Å². The molecule has 0 aliphatic carbocycles. The third-order valence-electron chi connectivity index (χ3n) is 3.93. The lowest BCUT2D eigenvalue weighted by Crippen LogP contribution is -2.55. The molecule has 1 aromatic carbocycles. The summed E-state index contributed by atoms with van der Waals surface area (Å²) in [6, 6.07) is 1.92. The molecule has 5 N–H and O–H groups in total. The lowest BCUT2D eigenvalue weighted by Gasteiger charge is -2.34. The normalized spacial score (nSPS) is 22.2. The van der Waals surface area contributed by atoms with Crippen LogP contribution in [0.4, 0.5) is 13.6 Å². The van der Waals surface area contributed by atoms with E-state index < -0.39 is 23.7 Å². The van der Waals surface area contributed by atoms with Crippen LogP contribution in [0.15, 0.2) is 18.2 Å². The van der Waals surface area contributed by atoms with Crippen molar-refractivity contribution < 1.29 is 18.4 Å². The molecule has 0 aromatic heterocycles. The van der Waals surface area contributed by atoms with Gasteiger partial charge in [-0.2, -0.15) is 0 Å². The second-order valence-electron chi connectivity index (χ2n) is 5.62. The SMILES string of the molecule is CC(NC(N)=O)C(=O)NC1CNCCC1c1ccc(F)c(F)c1. The number of primary amides is 1. The second-order valence-corrected chi connectivity index (χ2v) is 5.62. The number of nitrogens with one attached hydrogen (secondary N) is 3. The molecular weight excluding hydrogens is 306 g/mol. The summed E-state index contributed by atoms with van der Waals surface area (Å²) in [5.74, 6) is -2.33. The smallest absolute Gasteiger partial charge is 0.312 e. The van der Waals surface area contributed by atoms with E-state index in [1.54, 1.807) is 0 Å². The van der Waals surface area contributed by atoms with Crippen LogP contribution in [0.5, 0.6) is 0 Å². The zero-order valence-electron chi connectivity index (χ0n) is 12.7. The molecular formula is C15H20F2N4O2. The summed E-state index contributed by atoms with van der Waals surface area (Å²) in [5.41, 5.74) is 5.62. The lowest BCUT2D eigenvalue weighted by molar-refractivity contribution is -0.123. The predicted octanol–water partition coefficient (Wildman–Crippen LogP) is 0.583. The van der Waals surface area contributed by atoms with E-state index in [1.165, 1.54) is 13.0 Å². The number of amides is 3. The third kappa shape index (κ3) is 4.38. The fourth-order valence-electron chi connectivity index (χ4n) is 2.74. The zero-order chi connectivity index (χ0) is 17.0. The van der Waals surface area contributed by atoms with E-state index in [1.807, 2.05) is 0 Å². The van der Waals surface area contributed by atoms with Crippen molar-refractivity contribution in [3.8, 4) is 0 Å². The molecule has 3 amide bonds. The first-order chi connectivity index (χ1) is 10.9. The quantitative estimate of drug-likeness (QED) is 0.652. The maximum Gasteiger partial charge on any atom is 0.312 e. The number of urea groups is 1. The van der Waals surface area contributed by atoms with Gasteiger partial charge >= 0.3 is 6.03 Å². The maximum atomic E-state index is 13.5. The van der Waals surface area contributed by atoms with Crippen molar-refractivity contribution in [2.75, 3.05) is 13.1 Å². The Labute approximate surface area is 132 Å². The molecule has 0 saturated carbocycles. The van der Waals surface area contributed by atoms with Crippen molar-refractivity contribution in [1.29, 1.82) is 0 Å². The minimum Gasteiger partial charge on any atom is -0.352 e. The summed E-state index contributed by atoms with van der Waals surface area (Å²) < 4.78 is 26.5. The average Bonchev–Trinajstić information content (AvgIpc) is 2.50. The van der Waals surface area contributed by atoms with Gasteiger partial charge < -0.3 is 21.7 Å². The molecule has 1 fully saturated rings. The number of hydrogen-bond acceptors (Lipinski definition) is 3. The van der Waals surface area contributed by atoms with Crippen molar-refractivity contribution in [2.45, 2.75) is 31.3 Å². The molecule has 0 bridgehead atoms. The van der Waals surface area contributed by atoms with Crippen molar-refractivity contribution in [2.24, 2.45) is 5.73 Å². The van der Waals surface area contributed by atoms with E-state index in [-0.39, 0.29) is 17.9 Å². The Kier molecular flexibility index (Phi) is 5.49. The van der Waals surface area contributed by atoms with E-state index in [9.17, 15) is 18.4 Å². The number of rotatable bonds is 4. The van der Waals surface area contributed by atoms with Crippen molar-refractivity contribution >= 4 is 11.9 Å². The Morgan fingerprint density at radius 1 is 1.35 bits per heavy atom. The van der Waals surface area contributed by atoms with Gasteiger partial charge in [0.15, 0.2) is 11.6 Å². The van der Waals surface area contributed by atoms with E-state index in [4.69, 9.17) is 5.73 Å². The van der Waals surface area contributed by atoms with Crippen LogP contribution < -0.4 is 21.7 Å². The Morgan fingerprint density at radius 3 is 2.74 bits per heavy atom. The Balaban J connectivity index is 2.10. The first-order valence-corrected chi connectivity index (χ1v) is 7.40. The molecule has 6 nitrogen and oxygen atoms in total. The number of benzene rings is 1. The summed E-state index contributed by atoms with van der Waals surface area (Å²) in [6.07, 6.45) is 0.674. The van der Waals surface area contributed by atoms with Gasteiger partial charge in [0.25, 0.3) is 0 Å². The number of halogens is 2. The first kappa shape index (κ1) is 17.1. The molecule has 1 aliphatic heterocycles. The lowest BCUT2D eigenvalue weighted by atomic mass is 9.86. The molecule has 1 heterocycles. The molecule has 0 spiro atoms. The van der Waals surface area contributed by atoms with Gasteiger partial charge in [-0.25, -0.2) is 13.6 Å². The molecule has 126 valence electrons. The summed E-state index contributed by atoms with van der Waals surface area (Å²) >= 11 is 0. The van der Waals surface area contributed by atoms with Crippen LogP contribution >= 0.6 is 0 Å². The van der Waals surface area contributed by atoms with Gasteiger partial charge in [0.05, 0.1) is 0 Å². The summed E-state index contributed by atoms with van der Waals surface area (Å²) in [6.45, 7) is 2.73. The molecule has 3 atom stereocenters. The number of nitrogens with two attached hydrogens (primary N) is 1. The molecule has 23 heavy (non-hydrogen) atoms. The first-order valence-electron chi connectivity index (χ1n) is 7.40. The van der Waals surface area contributed by atoms with Gasteiger partial charge in [-0.1, -0.05) is 6.07 Å². The molecule has 2 rings (SSSR count). The van der Waals surface area contributed by atoms with Crippen LogP contribution in [0.25, 0.3) is 0 Å². The van der Waals surface area contributed by atoms with E-state index in [0.717, 1.165) is 12.1 Å². The van der Waals surface area contributed by atoms with Gasteiger partial charge in [0, 0.05) is 18.5 Å². The standard InChI is InChI=1S/C15H20F2N4O2/c1-8(20-15(18)23)14(22)21-13-7-19-5-4-10(13)9-2-3-11(16)12(17)6-9/h2-3,6,8,10,13,19H,4-5,7H2,1H3,(H,21,22)(H3,18,20,23). The Bertz CT molecular complexity index is 597. The predicted molar refractivity (Wildman–Crippen MR) is 80.7 cm³/mol. The van der Waals surface area contributed by atoms with Gasteiger partial charge in [-0.15, -0.1) is 0 Å². The molecule has 0 radical (unpaired) electrons. The van der Waals surface area contributed by atoms with E-state index in [2.05, 4.69) is 16.0 Å².